The number of nitrogens with two attached hydrogens (primary N) is 1. The third-order valence-electron chi connectivity index (χ3n) is 0.573. The number of amides is 1. The molecule has 0 atom stereocenters. The lowest BCUT2D eigenvalue weighted by Crippen LogP contribution is -2.21. The second kappa shape index (κ2) is 6.04. The van der Waals surface area contributed by atoms with E-state index in [1.165, 1.54) is 6.08 Å². The number of aliphatic carboxylic acids is 1. The van der Waals surface area contributed by atoms with Gasteiger partial charge in [0.2, 0.25) is 5.91 Å². The van der Waals surface area contributed by atoms with Crippen LogP contribution in [0.15, 0.2) is 12.2 Å². The first-order chi connectivity index (χ1) is 5.71. The molecule has 0 radical (unpaired) electrons. The Bertz CT molecular complexity index is 210. The first kappa shape index (κ1) is 14.0. The molecule has 0 aromatic heterocycles. The summed E-state index contributed by atoms with van der Waals surface area (Å²) in [5.41, 5.74) is 4.68. The van der Waals surface area contributed by atoms with Crippen LogP contribution in [0.4, 0.5) is 13.2 Å². The van der Waals surface area contributed by atoms with Gasteiger partial charge in [0.05, 0.1) is 0 Å². The monoisotopic (exact) mass is 199 g/mol. The topological polar surface area (TPSA) is 80.4 Å². The van der Waals surface area contributed by atoms with Crippen molar-refractivity contribution in [3.05, 3.63) is 12.2 Å². The first-order valence-electron chi connectivity index (χ1n) is 2.94. The maximum Gasteiger partial charge on any atom is 0.490 e. The third-order valence-corrected chi connectivity index (χ3v) is 0.573. The van der Waals surface area contributed by atoms with E-state index in [4.69, 9.17) is 9.90 Å². The molecule has 4 nitrogen and oxygen atoms in total. The molecule has 1 amide bonds. The van der Waals surface area contributed by atoms with Crippen molar-refractivity contribution < 1.29 is 27.9 Å². The smallest absolute Gasteiger partial charge is 0.475 e. The molecule has 0 rings (SSSR count). The Kier molecular flexibility index (Phi) is 6.51. The molecule has 0 heterocycles. The number of alkyl halides is 3. The van der Waals surface area contributed by atoms with Crippen molar-refractivity contribution in [3.8, 4) is 0 Å². The second-order valence-electron chi connectivity index (χ2n) is 1.71. The minimum atomic E-state index is -5.08. The summed E-state index contributed by atoms with van der Waals surface area (Å²) in [4.78, 5) is 18.6. The van der Waals surface area contributed by atoms with E-state index in [9.17, 15) is 18.0 Å². The molecule has 3 N–H and O–H groups in total. The lowest BCUT2D eigenvalue weighted by atomic mass is 10.5. The highest BCUT2D eigenvalue weighted by Crippen LogP contribution is 2.13. The van der Waals surface area contributed by atoms with Gasteiger partial charge in [-0.1, -0.05) is 6.08 Å². The Morgan fingerprint density at radius 1 is 1.38 bits per heavy atom. The van der Waals surface area contributed by atoms with Crippen LogP contribution in [-0.4, -0.2) is 23.2 Å². The zero-order valence-corrected chi connectivity index (χ0v) is 6.63. The van der Waals surface area contributed by atoms with Gasteiger partial charge in [-0.25, -0.2) is 4.79 Å². The number of carbonyl (C=O) groups is 2. The van der Waals surface area contributed by atoms with Gasteiger partial charge in [0.1, 0.15) is 0 Å². The van der Waals surface area contributed by atoms with Gasteiger partial charge in [0, 0.05) is 0 Å². The molecule has 0 bridgehead atoms. The van der Waals surface area contributed by atoms with Crippen LogP contribution in [-0.2, 0) is 9.59 Å². The normalized spacial score (nSPS) is 10.5. The summed E-state index contributed by atoms with van der Waals surface area (Å²) in [5, 5.41) is 7.12. The molecular weight excluding hydrogens is 191 g/mol. The summed E-state index contributed by atoms with van der Waals surface area (Å²) in [7, 11) is 0. The molecule has 0 saturated heterocycles. The number of hydrogen-bond donors (Lipinski definition) is 2. The van der Waals surface area contributed by atoms with Crippen LogP contribution in [0, 0.1) is 0 Å². The van der Waals surface area contributed by atoms with Crippen LogP contribution in [0.1, 0.15) is 6.92 Å². The highest BCUT2D eigenvalue weighted by Gasteiger charge is 2.38. The molecule has 0 aromatic carbocycles. The van der Waals surface area contributed by atoms with Crippen molar-refractivity contribution in [1.82, 2.24) is 0 Å². The van der Waals surface area contributed by atoms with E-state index in [1.807, 2.05) is 0 Å². The van der Waals surface area contributed by atoms with Crippen LogP contribution in [0.3, 0.4) is 0 Å². The van der Waals surface area contributed by atoms with Crippen LogP contribution in [0.2, 0.25) is 0 Å². The van der Waals surface area contributed by atoms with E-state index < -0.39 is 18.1 Å². The fourth-order valence-corrected chi connectivity index (χ4v) is 0.164. The molecule has 0 saturated carbocycles. The summed E-state index contributed by atoms with van der Waals surface area (Å²) < 4.78 is 31.7. The highest BCUT2D eigenvalue weighted by atomic mass is 19.4. The number of carbonyl (C=O) groups excluding carboxylic acids is 1. The SMILES string of the molecule is CC=CC(N)=O.O=C(O)C(F)(F)F. The van der Waals surface area contributed by atoms with Gasteiger partial charge in [0.25, 0.3) is 0 Å². The minimum Gasteiger partial charge on any atom is -0.475 e. The lowest BCUT2D eigenvalue weighted by Gasteiger charge is -1.93. The lowest BCUT2D eigenvalue weighted by molar-refractivity contribution is -0.192. The Labute approximate surface area is 71.8 Å². The van der Waals surface area contributed by atoms with Crippen LogP contribution in [0.5, 0.6) is 0 Å². The van der Waals surface area contributed by atoms with Gasteiger partial charge >= 0.3 is 12.1 Å². The van der Waals surface area contributed by atoms with E-state index in [1.54, 1.807) is 13.0 Å². The van der Waals surface area contributed by atoms with Crippen LogP contribution >= 0.6 is 0 Å². The van der Waals surface area contributed by atoms with Gasteiger partial charge in [0.15, 0.2) is 0 Å². The summed E-state index contributed by atoms with van der Waals surface area (Å²) >= 11 is 0. The number of carboxylic acids is 1. The van der Waals surface area contributed by atoms with E-state index in [-0.39, 0.29) is 0 Å². The largest absolute Gasteiger partial charge is 0.490 e. The predicted molar refractivity (Wildman–Crippen MR) is 37.7 cm³/mol. The predicted octanol–water partition coefficient (Wildman–Crippen LogP) is 0.681. The molecule has 76 valence electrons. The summed E-state index contributed by atoms with van der Waals surface area (Å²) in [6.07, 6.45) is -2.18. The van der Waals surface area contributed by atoms with E-state index in [0.29, 0.717) is 0 Å². The fraction of sp³-hybridized carbons (Fsp3) is 0.333. The molecule has 0 aromatic rings. The maximum absolute atomic E-state index is 10.6. The number of hydrogen-bond acceptors (Lipinski definition) is 2. The van der Waals surface area contributed by atoms with Crippen molar-refractivity contribution in [2.24, 2.45) is 5.73 Å². The third kappa shape index (κ3) is 13.5. The Hall–Kier alpha value is -1.53. The number of rotatable bonds is 1. The van der Waals surface area contributed by atoms with Crippen molar-refractivity contribution in [2.45, 2.75) is 13.1 Å². The zero-order valence-electron chi connectivity index (χ0n) is 6.63. The Balaban J connectivity index is 0. The standard InChI is InChI=1S/C4H7NO.C2HF3O2/c1-2-3-4(5)6;3-2(4,5)1(6)7/h2-3H,1H3,(H2,5,6);(H,6,7). The quantitative estimate of drug-likeness (QED) is 0.609. The van der Waals surface area contributed by atoms with Crippen LogP contribution in [0.25, 0.3) is 0 Å². The fourth-order valence-electron chi connectivity index (χ4n) is 0.164. The molecule has 0 spiro atoms. The molecule has 7 heteroatoms. The average molecular weight is 199 g/mol. The first-order valence-corrected chi connectivity index (χ1v) is 2.94. The summed E-state index contributed by atoms with van der Waals surface area (Å²) in [6, 6.07) is 0. The number of primary amides is 1. The highest BCUT2D eigenvalue weighted by molar-refractivity contribution is 5.85. The van der Waals surface area contributed by atoms with E-state index >= 15 is 0 Å². The van der Waals surface area contributed by atoms with Gasteiger partial charge in [-0.15, -0.1) is 0 Å². The maximum atomic E-state index is 10.6. The average Bonchev–Trinajstić information content (AvgIpc) is 1.85. The zero-order chi connectivity index (χ0) is 11.1. The molecule has 0 aliphatic heterocycles. The summed E-state index contributed by atoms with van der Waals surface area (Å²) in [6.45, 7) is 1.74. The minimum absolute atomic E-state index is 0.391. The van der Waals surface area contributed by atoms with Gasteiger partial charge in [-0.3, -0.25) is 4.79 Å². The van der Waals surface area contributed by atoms with E-state index in [2.05, 4.69) is 5.73 Å². The second-order valence-corrected chi connectivity index (χ2v) is 1.71. The van der Waals surface area contributed by atoms with E-state index in [0.717, 1.165) is 0 Å². The van der Waals surface area contributed by atoms with Crippen molar-refractivity contribution >= 4 is 11.9 Å². The molecule has 0 aliphatic rings. The van der Waals surface area contributed by atoms with Gasteiger partial charge in [-0.2, -0.15) is 13.2 Å². The summed E-state index contributed by atoms with van der Waals surface area (Å²) in [5.74, 6) is -3.15. The molecule has 0 fully saturated rings. The Morgan fingerprint density at radius 3 is 1.69 bits per heavy atom. The number of halogens is 3. The van der Waals surface area contributed by atoms with Gasteiger partial charge < -0.3 is 10.8 Å². The number of allylic oxidation sites excluding steroid dienone is 1. The van der Waals surface area contributed by atoms with Crippen molar-refractivity contribution in [2.75, 3.05) is 0 Å². The molecule has 0 unspecified atom stereocenters. The van der Waals surface area contributed by atoms with Crippen molar-refractivity contribution in [1.29, 1.82) is 0 Å². The van der Waals surface area contributed by atoms with Crippen LogP contribution < -0.4 is 5.73 Å². The number of carboxylic acid groups (broad SMARTS) is 1. The van der Waals surface area contributed by atoms with Gasteiger partial charge in [-0.05, 0) is 13.0 Å². The van der Waals surface area contributed by atoms with Crippen molar-refractivity contribution in [3.63, 3.8) is 0 Å². The Morgan fingerprint density at radius 2 is 1.69 bits per heavy atom. The molecule has 0 aliphatic carbocycles. The molecular formula is C6H8F3NO3. The molecule has 13 heavy (non-hydrogen) atoms.